The standard InChI is InChI=1S/C16H16ClN3O3/c1-23-14-5-3-2-4-10(14)9-19-15(21)16(22)20-11-6-7-13(18)12(17)8-11/h2-8H,9,18H2,1H3,(H,19,21)(H,20,22). The molecule has 0 saturated carbocycles. The minimum atomic E-state index is -0.791. The molecule has 0 atom stereocenters. The number of benzene rings is 2. The molecule has 0 aliphatic rings. The van der Waals surface area contributed by atoms with Gasteiger partial charge in [0.15, 0.2) is 0 Å². The van der Waals surface area contributed by atoms with E-state index in [9.17, 15) is 9.59 Å². The van der Waals surface area contributed by atoms with E-state index in [1.807, 2.05) is 12.1 Å². The van der Waals surface area contributed by atoms with Gasteiger partial charge in [0.25, 0.3) is 0 Å². The van der Waals surface area contributed by atoms with Crippen LogP contribution < -0.4 is 21.1 Å². The maximum Gasteiger partial charge on any atom is 0.313 e. The van der Waals surface area contributed by atoms with E-state index in [4.69, 9.17) is 22.1 Å². The highest BCUT2D eigenvalue weighted by Gasteiger charge is 2.14. The molecule has 7 heteroatoms. The van der Waals surface area contributed by atoms with Crippen LogP contribution in [0, 0.1) is 0 Å². The Labute approximate surface area is 138 Å². The number of rotatable bonds is 4. The molecule has 2 rings (SSSR count). The van der Waals surface area contributed by atoms with E-state index >= 15 is 0 Å². The van der Waals surface area contributed by atoms with Crippen LogP contribution in [0.1, 0.15) is 5.56 Å². The van der Waals surface area contributed by atoms with Crippen LogP contribution in [0.4, 0.5) is 11.4 Å². The maximum absolute atomic E-state index is 11.9. The second-order valence-corrected chi connectivity index (χ2v) is 5.09. The van der Waals surface area contributed by atoms with E-state index in [1.165, 1.54) is 13.2 Å². The number of carbonyl (C=O) groups excluding carboxylic acids is 2. The maximum atomic E-state index is 11.9. The summed E-state index contributed by atoms with van der Waals surface area (Å²) in [5.74, 6) is -0.914. The van der Waals surface area contributed by atoms with Gasteiger partial charge in [-0.1, -0.05) is 29.8 Å². The number of nitrogens with two attached hydrogens (primary N) is 1. The van der Waals surface area contributed by atoms with Crippen molar-refractivity contribution in [3.8, 4) is 5.75 Å². The van der Waals surface area contributed by atoms with Gasteiger partial charge in [0.2, 0.25) is 0 Å². The van der Waals surface area contributed by atoms with Crippen LogP contribution in [0.5, 0.6) is 5.75 Å². The molecule has 23 heavy (non-hydrogen) atoms. The van der Waals surface area contributed by atoms with Crippen molar-refractivity contribution in [2.24, 2.45) is 0 Å². The molecule has 2 amide bonds. The molecule has 0 radical (unpaired) electrons. The van der Waals surface area contributed by atoms with Crippen LogP contribution in [0.15, 0.2) is 42.5 Å². The van der Waals surface area contributed by atoms with Crippen molar-refractivity contribution in [1.82, 2.24) is 5.32 Å². The molecule has 4 N–H and O–H groups in total. The Hall–Kier alpha value is -2.73. The summed E-state index contributed by atoms with van der Waals surface area (Å²) in [6, 6.07) is 11.8. The number of methoxy groups -OCH3 is 1. The Kier molecular flexibility index (Phi) is 5.43. The second kappa shape index (κ2) is 7.51. The first-order valence-electron chi connectivity index (χ1n) is 6.77. The minimum Gasteiger partial charge on any atom is -0.496 e. The first-order valence-corrected chi connectivity index (χ1v) is 7.15. The molecule has 0 aliphatic carbocycles. The highest BCUT2D eigenvalue weighted by molar-refractivity contribution is 6.40. The smallest absolute Gasteiger partial charge is 0.313 e. The van der Waals surface area contributed by atoms with E-state index < -0.39 is 11.8 Å². The number of halogens is 1. The molecule has 2 aromatic rings. The number of para-hydroxylation sites is 1. The highest BCUT2D eigenvalue weighted by atomic mass is 35.5. The van der Waals surface area contributed by atoms with Crippen LogP contribution in [0.2, 0.25) is 5.02 Å². The van der Waals surface area contributed by atoms with E-state index in [-0.39, 0.29) is 6.54 Å². The van der Waals surface area contributed by atoms with Gasteiger partial charge in [-0.05, 0) is 24.3 Å². The van der Waals surface area contributed by atoms with Gasteiger partial charge in [0.1, 0.15) is 5.75 Å². The first kappa shape index (κ1) is 16.6. The Balaban J connectivity index is 1.95. The van der Waals surface area contributed by atoms with Crippen molar-refractivity contribution in [2.45, 2.75) is 6.54 Å². The largest absolute Gasteiger partial charge is 0.496 e. The van der Waals surface area contributed by atoms with Gasteiger partial charge in [-0.15, -0.1) is 0 Å². The summed E-state index contributed by atoms with van der Waals surface area (Å²) in [7, 11) is 1.54. The van der Waals surface area contributed by atoms with Crippen LogP contribution in [0.3, 0.4) is 0 Å². The number of hydrogen-bond acceptors (Lipinski definition) is 4. The molecular formula is C16H16ClN3O3. The van der Waals surface area contributed by atoms with Crippen molar-refractivity contribution < 1.29 is 14.3 Å². The molecule has 0 spiro atoms. The van der Waals surface area contributed by atoms with Gasteiger partial charge < -0.3 is 21.1 Å². The third-order valence-electron chi connectivity index (χ3n) is 3.10. The van der Waals surface area contributed by atoms with Crippen LogP contribution in [-0.4, -0.2) is 18.9 Å². The molecule has 0 heterocycles. The fourth-order valence-corrected chi connectivity index (χ4v) is 2.08. The van der Waals surface area contributed by atoms with Gasteiger partial charge >= 0.3 is 11.8 Å². The average molecular weight is 334 g/mol. The van der Waals surface area contributed by atoms with Crippen molar-refractivity contribution in [1.29, 1.82) is 0 Å². The molecule has 0 fully saturated rings. The summed E-state index contributed by atoms with van der Waals surface area (Å²) in [6.45, 7) is 0.179. The van der Waals surface area contributed by atoms with Crippen LogP contribution in [0.25, 0.3) is 0 Å². The lowest BCUT2D eigenvalue weighted by Crippen LogP contribution is -2.35. The second-order valence-electron chi connectivity index (χ2n) is 4.68. The summed E-state index contributed by atoms with van der Waals surface area (Å²) in [5, 5.41) is 5.29. The number of carbonyl (C=O) groups is 2. The number of amides is 2. The van der Waals surface area contributed by atoms with E-state index in [0.717, 1.165) is 5.56 Å². The third kappa shape index (κ3) is 4.37. The summed E-state index contributed by atoms with van der Waals surface area (Å²) in [6.07, 6.45) is 0. The van der Waals surface area contributed by atoms with Gasteiger partial charge in [0, 0.05) is 17.8 Å². The lowest BCUT2D eigenvalue weighted by Gasteiger charge is -2.10. The van der Waals surface area contributed by atoms with Crippen molar-refractivity contribution in [3.05, 3.63) is 53.1 Å². The first-order chi connectivity index (χ1) is 11.0. The van der Waals surface area contributed by atoms with Crippen molar-refractivity contribution >= 4 is 34.8 Å². The monoisotopic (exact) mass is 333 g/mol. The molecule has 0 aromatic heterocycles. The lowest BCUT2D eigenvalue weighted by molar-refractivity contribution is -0.136. The van der Waals surface area contributed by atoms with Gasteiger partial charge in [0.05, 0.1) is 17.8 Å². The van der Waals surface area contributed by atoms with E-state index in [1.54, 1.807) is 24.3 Å². The SMILES string of the molecule is COc1ccccc1CNC(=O)C(=O)Nc1ccc(N)c(Cl)c1. The van der Waals surface area contributed by atoms with Gasteiger partial charge in [-0.3, -0.25) is 9.59 Å². The Morgan fingerprint density at radius 2 is 1.91 bits per heavy atom. The van der Waals surface area contributed by atoms with E-state index in [0.29, 0.717) is 22.1 Å². The van der Waals surface area contributed by atoms with Crippen molar-refractivity contribution in [3.63, 3.8) is 0 Å². The fraction of sp³-hybridized carbons (Fsp3) is 0.125. The lowest BCUT2D eigenvalue weighted by atomic mass is 10.2. The Morgan fingerprint density at radius 1 is 1.17 bits per heavy atom. The molecule has 0 bridgehead atoms. The summed E-state index contributed by atoms with van der Waals surface area (Å²) >= 11 is 5.86. The number of hydrogen-bond donors (Lipinski definition) is 3. The third-order valence-corrected chi connectivity index (χ3v) is 3.42. The van der Waals surface area contributed by atoms with Crippen molar-refractivity contribution in [2.75, 3.05) is 18.2 Å². The predicted octanol–water partition coefficient (Wildman–Crippen LogP) is 2.19. The average Bonchev–Trinajstić information content (AvgIpc) is 2.56. The van der Waals surface area contributed by atoms with Gasteiger partial charge in [-0.2, -0.15) is 0 Å². The van der Waals surface area contributed by atoms with Crippen LogP contribution >= 0.6 is 11.6 Å². The molecule has 0 aliphatic heterocycles. The number of nitrogens with one attached hydrogen (secondary N) is 2. The molecule has 0 saturated heterocycles. The Morgan fingerprint density at radius 3 is 2.61 bits per heavy atom. The molecular weight excluding hydrogens is 318 g/mol. The normalized spacial score (nSPS) is 10.0. The molecule has 0 unspecified atom stereocenters. The van der Waals surface area contributed by atoms with Gasteiger partial charge in [-0.25, -0.2) is 0 Å². The molecule has 2 aromatic carbocycles. The summed E-state index contributed by atoms with van der Waals surface area (Å²) in [5.41, 5.74) is 7.14. The number of nitrogen functional groups attached to an aromatic ring is 1. The zero-order valence-corrected chi connectivity index (χ0v) is 13.2. The summed E-state index contributed by atoms with van der Waals surface area (Å²) in [4.78, 5) is 23.7. The fourth-order valence-electron chi connectivity index (χ4n) is 1.90. The Bertz CT molecular complexity index is 734. The highest BCUT2D eigenvalue weighted by Crippen LogP contribution is 2.22. The van der Waals surface area contributed by atoms with Crippen LogP contribution in [-0.2, 0) is 16.1 Å². The van der Waals surface area contributed by atoms with E-state index in [2.05, 4.69) is 10.6 Å². The number of ether oxygens (including phenoxy) is 1. The summed E-state index contributed by atoms with van der Waals surface area (Å²) < 4.78 is 5.18. The number of anilines is 2. The molecule has 120 valence electrons. The predicted molar refractivity (Wildman–Crippen MR) is 89.3 cm³/mol. The quantitative estimate of drug-likeness (QED) is 0.590. The zero-order chi connectivity index (χ0) is 16.8. The minimum absolute atomic E-state index is 0.179. The topological polar surface area (TPSA) is 93.4 Å². The zero-order valence-electron chi connectivity index (χ0n) is 12.4. The molecule has 6 nitrogen and oxygen atoms in total.